The number of nitrogen functional groups attached to an aromatic ring is 1. The van der Waals surface area contributed by atoms with Crippen LogP contribution in [0, 0.1) is 11.3 Å². The number of ether oxygens (including phenoxy) is 1. The SMILES string of the molecule is N#Cc1c(-c2ccc(OCC(N)=O)c(Cl)c2)cc(C2CCC2)nc1N. The van der Waals surface area contributed by atoms with Gasteiger partial charge < -0.3 is 16.2 Å². The number of amides is 1. The number of carbonyl (C=O) groups excluding carboxylic acids is 1. The fourth-order valence-electron chi connectivity index (χ4n) is 2.78. The maximum atomic E-state index is 10.8. The predicted octanol–water partition coefficient (Wildman–Crippen LogP) is 2.99. The monoisotopic (exact) mass is 356 g/mol. The van der Waals surface area contributed by atoms with Crippen molar-refractivity contribution < 1.29 is 9.53 Å². The molecular weight excluding hydrogens is 340 g/mol. The molecule has 1 aliphatic carbocycles. The number of nitrogens with two attached hydrogens (primary N) is 2. The number of hydrogen-bond acceptors (Lipinski definition) is 5. The van der Waals surface area contributed by atoms with Crippen LogP contribution in [0.25, 0.3) is 11.1 Å². The van der Waals surface area contributed by atoms with E-state index in [9.17, 15) is 10.1 Å². The molecule has 0 atom stereocenters. The van der Waals surface area contributed by atoms with Gasteiger partial charge in [-0.2, -0.15) is 5.26 Å². The Hall–Kier alpha value is -2.78. The minimum Gasteiger partial charge on any atom is -0.482 e. The number of pyridine rings is 1. The molecule has 0 unspecified atom stereocenters. The van der Waals surface area contributed by atoms with Crippen molar-refractivity contribution in [2.24, 2.45) is 5.73 Å². The molecule has 1 heterocycles. The van der Waals surface area contributed by atoms with Crippen LogP contribution in [0.2, 0.25) is 5.02 Å². The number of rotatable bonds is 5. The maximum absolute atomic E-state index is 10.8. The van der Waals surface area contributed by atoms with E-state index >= 15 is 0 Å². The number of anilines is 1. The van der Waals surface area contributed by atoms with Crippen molar-refractivity contribution in [1.29, 1.82) is 5.26 Å². The molecule has 0 radical (unpaired) electrons. The van der Waals surface area contributed by atoms with E-state index < -0.39 is 5.91 Å². The quantitative estimate of drug-likeness (QED) is 0.854. The van der Waals surface area contributed by atoms with Gasteiger partial charge in [-0.15, -0.1) is 0 Å². The number of nitriles is 1. The van der Waals surface area contributed by atoms with Crippen LogP contribution >= 0.6 is 11.6 Å². The highest BCUT2D eigenvalue weighted by Crippen LogP contribution is 2.39. The van der Waals surface area contributed by atoms with Crippen molar-refractivity contribution in [3.05, 3.63) is 40.5 Å². The van der Waals surface area contributed by atoms with E-state index in [-0.39, 0.29) is 12.4 Å². The molecule has 1 aromatic heterocycles. The first-order chi connectivity index (χ1) is 12.0. The first kappa shape index (κ1) is 17.1. The number of benzene rings is 1. The number of aromatic nitrogens is 1. The van der Waals surface area contributed by atoms with Crippen LogP contribution in [0.4, 0.5) is 5.82 Å². The molecule has 0 spiro atoms. The van der Waals surface area contributed by atoms with Crippen LogP contribution in [-0.4, -0.2) is 17.5 Å². The van der Waals surface area contributed by atoms with E-state index in [4.69, 9.17) is 27.8 Å². The molecule has 1 aromatic carbocycles. The highest BCUT2D eigenvalue weighted by Gasteiger charge is 2.23. The van der Waals surface area contributed by atoms with Gasteiger partial charge in [0.25, 0.3) is 5.91 Å². The molecule has 3 rings (SSSR count). The first-order valence-corrected chi connectivity index (χ1v) is 8.29. The Labute approximate surface area is 150 Å². The van der Waals surface area contributed by atoms with Crippen LogP contribution in [-0.2, 0) is 4.79 Å². The summed E-state index contributed by atoms with van der Waals surface area (Å²) in [5.41, 5.74) is 13.7. The fourth-order valence-corrected chi connectivity index (χ4v) is 3.01. The molecule has 1 aliphatic rings. The third-order valence-electron chi connectivity index (χ3n) is 4.32. The zero-order valence-electron chi connectivity index (χ0n) is 13.5. The van der Waals surface area contributed by atoms with Crippen LogP contribution in [0.15, 0.2) is 24.3 Å². The van der Waals surface area contributed by atoms with E-state index in [0.29, 0.717) is 27.8 Å². The molecule has 0 aliphatic heterocycles. The first-order valence-electron chi connectivity index (χ1n) is 7.91. The van der Waals surface area contributed by atoms with Gasteiger partial charge in [-0.05, 0) is 36.6 Å². The van der Waals surface area contributed by atoms with Gasteiger partial charge in [0.15, 0.2) is 6.61 Å². The van der Waals surface area contributed by atoms with Crippen LogP contribution in [0.1, 0.15) is 36.4 Å². The summed E-state index contributed by atoms with van der Waals surface area (Å²) in [5, 5.41) is 9.77. The Morgan fingerprint density at radius 2 is 2.16 bits per heavy atom. The molecule has 4 N–H and O–H groups in total. The Morgan fingerprint density at radius 3 is 2.72 bits per heavy atom. The van der Waals surface area contributed by atoms with E-state index in [2.05, 4.69) is 11.1 Å². The largest absolute Gasteiger partial charge is 0.482 e. The smallest absolute Gasteiger partial charge is 0.255 e. The van der Waals surface area contributed by atoms with E-state index in [1.165, 1.54) is 6.42 Å². The number of halogens is 1. The van der Waals surface area contributed by atoms with Crippen molar-refractivity contribution >= 4 is 23.3 Å². The lowest BCUT2D eigenvalue weighted by atomic mass is 9.81. The zero-order chi connectivity index (χ0) is 18.0. The molecule has 1 fully saturated rings. The summed E-state index contributed by atoms with van der Waals surface area (Å²) in [7, 11) is 0. The normalized spacial score (nSPS) is 13.8. The second-order valence-electron chi connectivity index (χ2n) is 5.99. The number of primary amides is 1. The highest BCUT2D eigenvalue weighted by molar-refractivity contribution is 6.32. The topological polar surface area (TPSA) is 115 Å². The number of hydrogen-bond donors (Lipinski definition) is 2. The second kappa shape index (κ2) is 6.99. The van der Waals surface area contributed by atoms with Crippen molar-refractivity contribution in [3.63, 3.8) is 0 Å². The van der Waals surface area contributed by atoms with Gasteiger partial charge >= 0.3 is 0 Å². The average Bonchev–Trinajstić information content (AvgIpc) is 2.51. The summed E-state index contributed by atoms with van der Waals surface area (Å²) in [4.78, 5) is 15.2. The van der Waals surface area contributed by atoms with Gasteiger partial charge in [0.1, 0.15) is 23.2 Å². The Balaban J connectivity index is 2.00. The van der Waals surface area contributed by atoms with Crippen molar-refractivity contribution in [1.82, 2.24) is 4.98 Å². The van der Waals surface area contributed by atoms with Gasteiger partial charge in [-0.25, -0.2) is 4.98 Å². The lowest BCUT2D eigenvalue weighted by molar-refractivity contribution is -0.119. The molecule has 0 bridgehead atoms. The van der Waals surface area contributed by atoms with Gasteiger partial charge in [-0.1, -0.05) is 24.1 Å². The summed E-state index contributed by atoms with van der Waals surface area (Å²) in [5.74, 6) is 0.387. The van der Waals surface area contributed by atoms with Crippen LogP contribution < -0.4 is 16.2 Å². The molecule has 7 heteroatoms. The Kier molecular flexibility index (Phi) is 4.77. The highest BCUT2D eigenvalue weighted by atomic mass is 35.5. The Morgan fingerprint density at radius 1 is 1.40 bits per heavy atom. The summed E-state index contributed by atoms with van der Waals surface area (Å²) in [6.45, 7) is -0.253. The summed E-state index contributed by atoms with van der Waals surface area (Å²) in [6.07, 6.45) is 3.34. The van der Waals surface area contributed by atoms with E-state index in [0.717, 1.165) is 24.1 Å². The van der Waals surface area contributed by atoms with E-state index in [1.54, 1.807) is 18.2 Å². The molecular formula is C18H17ClN4O2. The fraction of sp³-hybridized carbons (Fsp3) is 0.278. The second-order valence-corrected chi connectivity index (χ2v) is 6.40. The van der Waals surface area contributed by atoms with Gasteiger partial charge in [0, 0.05) is 17.2 Å². The lowest BCUT2D eigenvalue weighted by Crippen LogP contribution is -2.20. The predicted molar refractivity (Wildman–Crippen MR) is 95.1 cm³/mol. The minimum atomic E-state index is -0.584. The summed E-state index contributed by atoms with van der Waals surface area (Å²) >= 11 is 6.23. The van der Waals surface area contributed by atoms with Gasteiger partial charge in [-0.3, -0.25) is 4.79 Å². The van der Waals surface area contributed by atoms with Crippen molar-refractivity contribution in [3.8, 4) is 22.9 Å². The average molecular weight is 357 g/mol. The molecule has 128 valence electrons. The zero-order valence-corrected chi connectivity index (χ0v) is 14.2. The van der Waals surface area contributed by atoms with Crippen molar-refractivity contribution in [2.75, 3.05) is 12.3 Å². The van der Waals surface area contributed by atoms with E-state index in [1.807, 2.05) is 6.07 Å². The Bertz CT molecular complexity index is 872. The summed E-state index contributed by atoms with van der Waals surface area (Å²) < 4.78 is 5.25. The number of nitrogens with zero attached hydrogens (tertiary/aromatic N) is 2. The molecule has 6 nitrogen and oxygen atoms in total. The number of carbonyl (C=O) groups is 1. The van der Waals surface area contributed by atoms with Crippen LogP contribution in [0.5, 0.6) is 5.75 Å². The van der Waals surface area contributed by atoms with Crippen LogP contribution in [0.3, 0.4) is 0 Å². The molecule has 1 saturated carbocycles. The lowest BCUT2D eigenvalue weighted by Gasteiger charge is -2.25. The molecule has 2 aromatic rings. The van der Waals surface area contributed by atoms with Crippen molar-refractivity contribution in [2.45, 2.75) is 25.2 Å². The van der Waals surface area contributed by atoms with Gasteiger partial charge in [0.05, 0.1) is 5.02 Å². The minimum absolute atomic E-state index is 0.229. The molecule has 1 amide bonds. The summed E-state index contributed by atoms with van der Waals surface area (Å²) in [6, 6.07) is 9.11. The third kappa shape index (κ3) is 3.52. The van der Waals surface area contributed by atoms with Gasteiger partial charge in [0.2, 0.25) is 0 Å². The third-order valence-corrected chi connectivity index (χ3v) is 4.61. The molecule has 0 saturated heterocycles. The molecule has 25 heavy (non-hydrogen) atoms. The maximum Gasteiger partial charge on any atom is 0.255 e. The standard InChI is InChI=1S/C18H17ClN4O2/c19-14-6-11(4-5-16(14)25-9-17(21)24)12-7-15(10-2-1-3-10)23-18(22)13(12)8-20/h4-7,10H,1-3,9H2,(H2,21,24)(H2,22,23).